The van der Waals surface area contributed by atoms with Gasteiger partial charge in [0.15, 0.2) is 0 Å². The van der Waals surface area contributed by atoms with Crippen molar-refractivity contribution >= 4 is 15.7 Å². The first-order valence-electron chi connectivity index (χ1n) is 9.55. The van der Waals surface area contributed by atoms with Gasteiger partial charge in [-0.25, -0.2) is 13.1 Å². The number of ether oxygens (including phenoxy) is 1. The average Bonchev–Trinajstić information content (AvgIpc) is 2.61. The molecule has 8 heteroatoms. The standard InChI is InChI=1S/C19H26N2O5S/c1-12-3-4-17(21(22)23)10-18(12)27(24,25)20-11-19(26-2)15-6-13-5-14(8-15)9-16(19)7-13/h3-4,10,13-16,20H,5-9,11H2,1-2H3. The highest BCUT2D eigenvalue weighted by molar-refractivity contribution is 7.89. The highest BCUT2D eigenvalue weighted by Gasteiger charge is 2.57. The van der Waals surface area contributed by atoms with E-state index in [1.165, 1.54) is 18.6 Å². The number of hydrogen-bond donors (Lipinski definition) is 1. The van der Waals surface area contributed by atoms with Gasteiger partial charge < -0.3 is 4.74 Å². The van der Waals surface area contributed by atoms with Crippen LogP contribution in [-0.4, -0.2) is 32.6 Å². The second-order valence-corrected chi connectivity index (χ2v) is 10.2. The number of hydrogen-bond acceptors (Lipinski definition) is 5. The first kappa shape index (κ1) is 18.8. The highest BCUT2D eigenvalue weighted by atomic mass is 32.2. The largest absolute Gasteiger partial charge is 0.376 e. The fourth-order valence-corrected chi connectivity index (χ4v) is 7.29. The fourth-order valence-electron chi connectivity index (χ4n) is 5.95. The first-order chi connectivity index (χ1) is 12.7. The molecule has 4 bridgehead atoms. The van der Waals surface area contributed by atoms with Gasteiger partial charge in [0.25, 0.3) is 5.69 Å². The summed E-state index contributed by atoms with van der Waals surface area (Å²) in [5.74, 6) is 2.28. The number of nitro benzene ring substituents is 1. The van der Waals surface area contributed by atoms with Gasteiger partial charge in [-0.2, -0.15) is 0 Å². The molecule has 0 aliphatic heterocycles. The lowest BCUT2D eigenvalue weighted by molar-refractivity contribution is -0.385. The van der Waals surface area contributed by atoms with E-state index in [0.29, 0.717) is 17.4 Å². The van der Waals surface area contributed by atoms with E-state index in [1.807, 2.05) is 0 Å². The van der Waals surface area contributed by atoms with Crippen molar-refractivity contribution in [2.24, 2.45) is 23.7 Å². The van der Waals surface area contributed by atoms with E-state index >= 15 is 0 Å². The van der Waals surface area contributed by atoms with Crippen molar-refractivity contribution in [1.29, 1.82) is 0 Å². The Hall–Kier alpha value is -1.51. The van der Waals surface area contributed by atoms with E-state index in [9.17, 15) is 18.5 Å². The summed E-state index contributed by atoms with van der Waals surface area (Å²) in [4.78, 5) is 10.4. The van der Waals surface area contributed by atoms with E-state index < -0.39 is 20.5 Å². The van der Waals surface area contributed by atoms with Gasteiger partial charge in [0.1, 0.15) is 0 Å². The predicted molar refractivity (Wildman–Crippen MR) is 99.8 cm³/mol. The summed E-state index contributed by atoms with van der Waals surface area (Å²) in [5.41, 5.74) is -0.198. The van der Waals surface area contributed by atoms with E-state index in [0.717, 1.165) is 43.6 Å². The van der Waals surface area contributed by atoms with E-state index in [4.69, 9.17) is 4.74 Å². The zero-order chi connectivity index (χ0) is 19.4. The van der Waals surface area contributed by atoms with Gasteiger partial charge in [-0.15, -0.1) is 0 Å². The van der Waals surface area contributed by atoms with E-state index in [2.05, 4.69) is 4.72 Å². The lowest BCUT2D eigenvalue weighted by Gasteiger charge is -2.60. The molecule has 27 heavy (non-hydrogen) atoms. The normalized spacial score (nSPS) is 34.7. The quantitative estimate of drug-likeness (QED) is 0.591. The molecule has 4 aliphatic rings. The first-order valence-corrected chi connectivity index (χ1v) is 11.0. The molecule has 0 heterocycles. The highest BCUT2D eigenvalue weighted by Crippen LogP contribution is 2.59. The van der Waals surface area contributed by atoms with Crippen molar-refractivity contribution in [3.8, 4) is 0 Å². The zero-order valence-electron chi connectivity index (χ0n) is 15.7. The van der Waals surface area contributed by atoms with Crippen molar-refractivity contribution in [1.82, 2.24) is 4.72 Å². The summed E-state index contributed by atoms with van der Waals surface area (Å²) in [7, 11) is -2.17. The number of sulfonamides is 1. The second kappa shape index (κ2) is 6.53. The molecule has 4 fully saturated rings. The molecule has 1 N–H and O–H groups in total. The second-order valence-electron chi connectivity index (χ2n) is 8.49. The molecule has 0 spiro atoms. The number of nitro groups is 1. The summed E-state index contributed by atoms with van der Waals surface area (Å²) < 4.78 is 34.6. The van der Waals surface area contributed by atoms with Gasteiger partial charge in [0, 0.05) is 25.8 Å². The molecule has 1 aromatic rings. The smallest absolute Gasteiger partial charge is 0.270 e. The molecular formula is C19H26N2O5S. The van der Waals surface area contributed by atoms with Crippen LogP contribution >= 0.6 is 0 Å². The maximum atomic E-state index is 12.9. The Morgan fingerprint density at radius 2 is 1.78 bits per heavy atom. The molecule has 5 rings (SSSR count). The third-order valence-electron chi connectivity index (χ3n) is 7.11. The number of benzene rings is 1. The number of aryl methyl sites for hydroxylation is 1. The summed E-state index contributed by atoms with van der Waals surface area (Å²) in [5, 5.41) is 11.0. The van der Waals surface area contributed by atoms with Crippen LogP contribution in [0.15, 0.2) is 23.1 Å². The Morgan fingerprint density at radius 1 is 1.19 bits per heavy atom. The monoisotopic (exact) mass is 394 g/mol. The number of nitrogens with zero attached hydrogens (tertiary/aromatic N) is 1. The van der Waals surface area contributed by atoms with E-state index in [-0.39, 0.29) is 17.1 Å². The molecule has 4 aliphatic carbocycles. The topological polar surface area (TPSA) is 98.5 Å². The van der Waals surface area contributed by atoms with Crippen molar-refractivity contribution in [3.63, 3.8) is 0 Å². The van der Waals surface area contributed by atoms with Crippen LogP contribution in [0.25, 0.3) is 0 Å². The van der Waals surface area contributed by atoms with Crippen LogP contribution in [0, 0.1) is 40.7 Å². The number of non-ortho nitro benzene ring substituents is 1. The molecule has 0 aromatic heterocycles. The Labute approximate surface area is 159 Å². The molecule has 0 radical (unpaired) electrons. The minimum Gasteiger partial charge on any atom is -0.376 e. The average molecular weight is 394 g/mol. The van der Waals surface area contributed by atoms with Crippen LogP contribution in [0.2, 0.25) is 0 Å². The number of methoxy groups -OCH3 is 1. The Bertz CT molecular complexity index is 839. The van der Waals surface area contributed by atoms with Gasteiger partial charge in [-0.05, 0) is 68.3 Å². The fraction of sp³-hybridized carbons (Fsp3) is 0.684. The van der Waals surface area contributed by atoms with Gasteiger partial charge in [0.2, 0.25) is 10.0 Å². The third-order valence-corrected chi connectivity index (χ3v) is 8.65. The molecule has 0 saturated heterocycles. The Kier molecular flexibility index (Phi) is 4.56. The van der Waals surface area contributed by atoms with Crippen molar-refractivity contribution in [2.45, 2.75) is 49.5 Å². The summed E-state index contributed by atoms with van der Waals surface area (Å²) in [6, 6.07) is 3.93. The maximum absolute atomic E-state index is 12.9. The van der Waals surface area contributed by atoms with Crippen molar-refractivity contribution < 1.29 is 18.1 Å². The van der Waals surface area contributed by atoms with Gasteiger partial charge in [-0.1, -0.05) is 6.07 Å². The number of rotatable bonds is 6. The minimum absolute atomic E-state index is 0.0354. The van der Waals surface area contributed by atoms with Crippen molar-refractivity contribution in [3.05, 3.63) is 33.9 Å². The van der Waals surface area contributed by atoms with E-state index in [1.54, 1.807) is 14.0 Å². The lowest BCUT2D eigenvalue weighted by Crippen LogP contribution is -2.63. The maximum Gasteiger partial charge on any atom is 0.270 e. The van der Waals surface area contributed by atoms with Crippen LogP contribution in [0.4, 0.5) is 5.69 Å². The zero-order valence-corrected chi connectivity index (χ0v) is 16.5. The predicted octanol–water partition coefficient (Wildman–Crippen LogP) is 3.02. The summed E-state index contributed by atoms with van der Waals surface area (Å²) in [6.45, 7) is 1.87. The van der Waals surface area contributed by atoms with Crippen LogP contribution in [0.3, 0.4) is 0 Å². The minimum atomic E-state index is -3.86. The van der Waals surface area contributed by atoms with Gasteiger partial charge in [0.05, 0.1) is 15.4 Å². The third kappa shape index (κ3) is 3.07. The molecule has 7 nitrogen and oxygen atoms in total. The molecule has 148 valence electrons. The summed E-state index contributed by atoms with van der Waals surface area (Å²) >= 11 is 0. The SMILES string of the molecule is COC1(CNS(=O)(=O)c2cc([N+](=O)[O-])ccc2C)C2CC3CC(C2)CC1C3. The summed E-state index contributed by atoms with van der Waals surface area (Å²) in [6.07, 6.45) is 5.75. The number of nitrogens with one attached hydrogen (secondary N) is 1. The van der Waals surface area contributed by atoms with Gasteiger partial charge in [-0.3, -0.25) is 10.1 Å². The Balaban J connectivity index is 1.59. The molecular weight excluding hydrogens is 368 g/mol. The van der Waals surface area contributed by atoms with Crippen LogP contribution < -0.4 is 4.72 Å². The lowest BCUT2D eigenvalue weighted by atomic mass is 9.50. The van der Waals surface area contributed by atoms with Crippen molar-refractivity contribution in [2.75, 3.05) is 13.7 Å². The molecule has 0 atom stereocenters. The molecule has 0 amide bonds. The molecule has 4 saturated carbocycles. The van der Waals surface area contributed by atoms with Crippen LogP contribution in [0.5, 0.6) is 0 Å². The molecule has 0 unspecified atom stereocenters. The van der Waals surface area contributed by atoms with Crippen LogP contribution in [0.1, 0.15) is 37.7 Å². The van der Waals surface area contributed by atoms with Crippen LogP contribution in [-0.2, 0) is 14.8 Å². The van der Waals surface area contributed by atoms with Gasteiger partial charge >= 0.3 is 0 Å². The Morgan fingerprint density at radius 3 is 2.30 bits per heavy atom. The molecule has 1 aromatic carbocycles.